The normalized spacial score (nSPS) is 20.9. The van der Waals surface area contributed by atoms with Gasteiger partial charge in [-0.3, -0.25) is 19.2 Å². The summed E-state index contributed by atoms with van der Waals surface area (Å²) in [4.78, 5) is 50.4. The number of hydrogen-bond acceptors (Lipinski definition) is 5. The summed E-state index contributed by atoms with van der Waals surface area (Å²) < 4.78 is 0. The Labute approximate surface area is 184 Å². The van der Waals surface area contributed by atoms with Crippen LogP contribution in [0.25, 0.3) is 0 Å². The first-order valence-corrected chi connectivity index (χ1v) is 11.5. The lowest BCUT2D eigenvalue weighted by molar-refractivity contribution is -0.138. The number of carbonyl (C=O) groups is 4. The Morgan fingerprint density at radius 2 is 1.77 bits per heavy atom. The van der Waals surface area contributed by atoms with Crippen LogP contribution in [0.4, 0.5) is 0 Å². The highest BCUT2D eigenvalue weighted by Crippen LogP contribution is 2.21. The average molecular weight is 439 g/mol. The Bertz CT molecular complexity index is 633. The highest BCUT2D eigenvalue weighted by atomic mass is 16.4. The SMILES string of the molecule is CC(C)CC(=O)N[C@H](CC(=O)O)NC(=O)[C@@H]1CCCN(C(=O)CCC2CCNCC2)C1. The van der Waals surface area contributed by atoms with E-state index in [9.17, 15) is 19.2 Å². The first-order valence-electron chi connectivity index (χ1n) is 11.5. The first-order chi connectivity index (χ1) is 14.7. The van der Waals surface area contributed by atoms with Gasteiger partial charge < -0.3 is 26.0 Å². The number of aliphatic carboxylic acids is 1. The lowest BCUT2D eigenvalue weighted by Gasteiger charge is -2.33. The fourth-order valence-electron chi connectivity index (χ4n) is 4.30. The molecule has 2 heterocycles. The van der Waals surface area contributed by atoms with E-state index in [-0.39, 0.29) is 36.5 Å². The Balaban J connectivity index is 1.85. The van der Waals surface area contributed by atoms with Crippen LogP contribution in [-0.4, -0.2) is 66.0 Å². The molecule has 0 aromatic rings. The van der Waals surface area contributed by atoms with Gasteiger partial charge in [0.2, 0.25) is 17.7 Å². The van der Waals surface area contributed by atoms with Gasteiger partial charge in [-0.05, 0) is 57.0 Å². The summed E-state index contributed by atoms with van der Waals surface area (Å²) in [6, 6.07) is 0. The zero-order valence-electron chi connectivity index (χ0n) is 18.8. The van der Waals surface area contributed by atoms with Crippen LogP contribution in [0.3, 0.4) is 0 Å². The minimum absolute atomic E-state index is 0.0864. The lowest BCUT2D eigenvalue weighted by atomic mass is 9.92. The number of nitrogens with one attached hydrogen (secondary N) is 3. The van der Waals surface area contributed by atoms with Crippen LogP contribution in [-0.2, 0) is 19.2 Å². The topological polar surface area (TPSA) is 128 Å². The van der Waals surface area contributed by atoms with Gasteiger partial charge in [-0.25, -0.2) is 0 Å². The third-order valence-corrected chi connectivity index (χ3v) is 5.99. The van der Waals surface area contributed by atoms with Crippen LogP contribution < -0.4 is 16.0 Å². The molecule has 2 fully saturated rings. The number of hydrogen-bond donors (Lipinski definition) is 4. The van der Waals surface area contributed by atoms with Gasteiger partial charge in [-0.1, -0.05) is 13.8 Å². The van der Waals surface area contributed by atoms with Crippen molar-refractivity contribution in [2.24, 2.45) is 17.8 Å². The van der Waals surface area contributed by atoms with Gasteiger partial charge >= 0.3 is 5.97 Å². The molecular formula is C22H38N4O5. The molecular weight excluding hydrogens is 400 g/mol. The molecule has 9 nitrogen and oxygen atoms in total. The molecule has 31 heavy (non-hydrogen) atoms. The quantitative estimate of drug-likeness (QED) is 0.378. The van der Waals surface area contributed by atoms with Gasteiger partial charge in [-0.15, -0.1) is 0 Å². The third-order valence-electron chi connectivity index (χ3n) is 5.99. The number of carboxylic acid groups (broad SMARTS) is 1. The van der Waals surface area contributed by atoms with Crippen molar-refractivity contribution in [1.82, 2.24) is 20.9 Å². The summed E-state index contributed by atoms with van der Waals surface area (Å²) in [5.74, 6) is -1.30. The average Bonchev–Trinajstić information content (AvgIpc) is 2.71. The Kier molecular flexibility index (Phi) is 10.2. The zero-order valence-corrected chi connectivity index (χ0v) is 18.8. The van der Waals surface area contributed by atoms with E-state index >= 15 is 0 Å². The van der Waals surface area contributed by atoms with Crippen LogP contribution >= 0.6 is 0 Å². The van der Waals surface area contributed by atoms with Gasteiger partial charge in [0, 0.05) is 25.9 Å². The molecule has 0 bridgehead atoms. The largest absolute Gasteiger partial charge is 0.481 e. The van der Waals surface area contributed by atoms with Gasteiger partial charge in [0.05, 0.1) is 12.3 Å². The van der Waals surface area contributed by atoms with Crippen molar-refractivity contribution in [3.63, 3.8) is 0 Å². The van der Waals surface area contributed by atoms with E-state index in [1.807, 2.05) is 13.8 Å². The predicted octanol–water partition coefficient (Wildman–Crippen LogP) is 1.08. The minimum atomic E-state index is -1.10. The van der Waals surface area contributed by atoms with E-state index in [1.165, 1.54) is 0 Å². The number of carbonyl (C=O) groups excluding carboxylic acids is 3. The molecule has 176 valence electrons. The van der Waals surface area contributed by atoms with E-state index in [2.05, 4.69) is 16.0 Å². The standard InChI is InChI=1S/C22H38N4O5/c1-15(2)12-19(27)24-18(13-21(29)30)25-22(31)17-4-3-11-26(14-17)20(28)6-5-16-7-9-23-10-8-16/h15-18,23H,3-14H2,1-2H3,(H,24,27)(H,25,31)(H,29,30)/t17-,18+/m1/s1. The molecule has 2 saturated heterocycles. The Morgan fingerprint density at radius 1 is 1.06 bits per heavy atom. The molecule has 0 saturated carbocycles. The van der Waals surface area contributed by atoms with Crippen molar-refractivity contribution in [3.8, 4) is 0 Å². The minimum Gasteiger partial charge on any atom is -0.481 e. The zero-order chi connectivity index (χ0) is 22.8. The molecule has 0 radical (unpaired) electrons. The van der Waals surface area contributed by atoms with Gasteiger partial charge in [0.25, 0.3) is 0 Å². The fourth-order valence-corrected chi connectivity index (χ4v) is 4.30. The van der Waals surface area contributed by atoms with Crippen molar-refractivity contribution >= 4 is 23.7 Å². The molecule has 9 heteroatoms. The number of likely N-dealkylation sites (tertiary alicyclic amines) is 1. The Hall–Kier alpha value is -2.16. The summed E-state index contributed by atoms with van der Waals surface area (Å²) in [5.41, 5.74) is 0. The van der Waals surface area contributed by atoms with Crippen LogP contribution in [0.15, 0.2) is 0 Å². The van der Waals surface area contributed by atoms with E-state index in [4.69, 9.17) is 5.11 Å². The molecule has 0 aromatic carbocycles. The summed E-state index contributed by atoms with van der Waals surface area (Å²) in [5, 5.41) is 17.7. The van der Waals surface area contributed by atoms with E-state index in [1.54, 1.807) is 4.90 Å². The molecule has 0 aromatic heterocycles. The fraction of sp³-hybridized carbons (Fsp3) is 0.818. The monoisotopic (exact) mass is 438 g/mol. The molecule has 0 unspecified atom stereocenters. The highest BCUT2D eigenvalue weighted by molar-refractivity contribution is 5.83. The van der Waals surface area contributed by atoms with Crippen LogP contribution in [0.1, 0.15) is 65.2 Å². The Morgan fingerprint density at radius 3 is 2.42 bits per heavy atom. The number of piperidine rings is 2. The summed E-state index contributed by atoms with van der Waals surface area (Å²) in [7, 11) is 0. The second-order valence-corrected chi connectivity index (χ2v) is 9.24. The maximum absolute atomic E-state index is 12.8. The van der Waals surface area contributed by atoms with Gasteiger partial charge in [0.15, 0.2) is 0 Å². The lowest BCUT2D eigenvalue weighted by Crippen LogP contribution is -2.53. The van der Waals surface area contributed by atoms with Gasteiger partial charge in [0.1, 0.15) is 6.17 Å². The summed E-state index contributed by atoms with van der Waals surface area (Å²) in [6.45, 7) is 6.80. The van der Waals surface area contributed by atoms with Crippen molar-refractivity contribution in [1.29, 1.82) is 0 Å². The van der Waals surface area contributed by atoms with Gasteiger partial charge in [-0.2, -0.15) is 0 Å². The number of nitrogens with zero attached hydrogens (tertiary/aromatic N) is 1. The number of carboxylic acids is 1. The van der Waals surface area contributed by atoms with Crippen molar-refractivity contribution in [2.75, 3.05) is 26.2 Å². The van der Waals surface area contributed by atoms with Crippen LogP contribution in [0, 0.1) is 17.8 Å². The highest BCUT2D eigenvalue weighted by Gasteiger charge is 2.30. The molecule has 3 amide bonds. The summed E-state index contributed by atoms with van der Waals surface area (Å²) >= 11 is 0. The number of rotatable bonds is 10. The molecule has 4 N–H and O–H groups in total. The molecule has 0 aliphatic carbocycles. The second-order valence-electron chi connectivity index (χ2n) is 9.24. The molecule has 2 rings (SSSR count). The maximum Gasteiger partial charge on any atom is 0.307 e. The molecule has 2 aliphatic heterocycles. The van der Waals surface area contributed by atoms with Crippen LogP contribution in [0.5, 0.6) is 0 Å². The predicted molar refractivity (Wildman–Crippen MR) is 116 cm³/mol. The second kappa shape index (κ2) is 12.6. The van der Waals surface area contributed by atoms with E-state index < -0.39 is 18.1 Å². The van der Waals surface area contributed by atoms with E-state index in [0.29, 0.717) is 31.8 Å². The van der Waals surface area contributed by atoms with Crippen molar-refractivity contribution in [2.45, 2.75) is 71.4 Å². The molecule has 2 atom stereocenters. The molecule has 2 aliphatic rings. The maximum atomic E-state index is 12.8. The third kappa shape index (κ3) is 9.25. The van der Waals surface area contributed by atoms with E-state index in [0.717, 1.165) is 38.8 Å². The smallest absolute Gasteiger partial charge is 0.307 e. The van der Waals surface area contributed by atoms with Crippen molar-refractivity contribution in [3.05, 3.63) is 0 Å². The van der Waals surface area contributed by atoms with Crippen molar-refractivity contribution < 1.29 is 24.3 Å². The first kappa shape index (κ1) is 25.1. The van der Waals surface area contributed by atoms with Crippen LogP contribution in [0.2, 0.25) is 0 Å². The summed E-state index contributed by atoms with van der Waals surface area (Å²) in [6.07, 6.45) is 3.89. The molecule has 0 spiro atoms. The number of amides is 3.